The molecule has 0 saturated heterocycles. The Morgan fingerprint density at radius 2 is 1.75 bits per heavy atom. The van der Waals surface area contributed by atoms with E-state index in [9.17, 15) is 0 Å². The number of rotatable bonds is 2. The smallest absolute Gasteiger partial charge is 0.0651 e. The van der Waals surface area contributed by atoms with Crippen LogP contribution in [0.25, 0.3) is 0 Å². The van der Waals surface area contributed by atoms with Crippen molar-refractivity contribution in [2.75, 3.05) is 0 Å². The normalized spacial score (nSPS) is 13.1. The van der Waals surface area contributed by atoms with Crippen molar-refractivity contribution in [3.05, 3.63) is 6.92 Å². The van der Waals surface area contributed by atoms with Gasteiger partial charge in [0, 0.05) is 0 Å². The fraction of sp³-hybridized carbons (Fsp3) is 0.857. The van der Waals surface area contributed by atoms with Crippen LogP contribution in [0, 0.1) is 18.8 Å². The van der Waals surface area contributed by atoms with E-state index in [0.717, 1.165) is 5.92 Å². The third-order valence-electron chi connectivity index (χ3n) is 1.47. The second-order valence-corrected chi connectivity index (χ2v) is 2.41. The summed E-state index contributed by atoms with van der Waals surface area (Å²) in [6.45, 7) is 10.6. The van der Waals surface area contributed by atoms with Crippen LogP contribution in [-0.4, -0.2) is 17.4 Å². The molecule has 0 aromatic rings. The Morgan fingerprint density at radius 3 is 1.75 bits per heavy atom. The molecule has 0 aliphatic heterocycles. The fourth-order valence-electron chi connectivity index (χ4n) is 0.471. The molecule has 1 atom stereocenters. The predicted octanol–water partition coefficient (Wildman–Crippen LogP) is 1.32. The lowest BCUT2D eigenvalue weighted by atomic mass is 9.96. The summed E-state index contributed by atoms with van der Waals surface area (Å²) in [5, 5.41) is 0. The average Bonchev–Trinajstić information content (AvgIpc) is 1.65. The lowest BCUT2D eigenvalue weighted by Crippen LogP contribution is -2.00. The summed E-state index contributed by atoms with van der Waals surface area (Å²) >= 11 is 0. The van der Waals surface area contributed by atoms with Gasteiger partial charge in [-0.3, -0.25) is 0 Å². The quantitative estimate of drug-likeness (QED) is 0.493. The van der Waals surface area contributed by atoms with Gasteiger partial charge in [0.05, 0.1) is 0 Å². The Hall–Kier alpha value is 0.532. The maximum absolute atomic E-state index is 3.96. The number of hydrogen-bond acceptors (Lipinski definition) is 0. The Kier molecular flexibility index (Phi) is 8.03. The fourth-order valence-corrected chi connectivity index (χ4v) is 0.471. The van der Waals surface area contributed by atoms with Gasteiger partial charge in [-0.05, 0) is 18.8 Å². The predicted molar refractivity (Wildman–Crippen MR) is 43.9 cm³/mol. The summed E-state index contributed by atoms with van der Waals surface area (Å²) in [6, 6.07) is 0. The van der Waals surface area contributed by atoms with Crippen LogP contribution in [0.1, 0.15) is 27.2 Å². The first-order valence-corrected chi connectivity index (χ1v) is 3.01. The molecule has 1 radical (unpaired) electrons. The van der Waals surface area contributed by atoms with Gasteiger partial charge >= 0.3 is 0 Å². The van der Waals surface area contributed by atoms with Crippen molar-refractivity contribution in [1.82, 2.24) is 0 Å². The SMILES string of the molecule is [AlH3].[CH2]C(CC)C(C)C. The van der Waals surface area contributed by atoms with Crippen molar-refractivity contribution in [3.8, 4) is 0 Å². The molecule has 8 heavy (non-hydrogen) atoms. The zero-order chi connectivity index (χ0) is 5.86. The monoisotopic (exact) mass is 129 g/mol. The zero-order valence-corrected chi connectivity index (χ0v) is 5.57. The summed E-state index contributed by atoms with van der Waals surface area (Å²) < 4.78 is 0. The van der Waals surface area contributed by atoms with Crippen molar-refractivity contribution in [1.29, 1.82) is 0 Å². The molecular weight excluding hydrogens is 111 g/mol. The molecule has 0 N–H and O–H groups in total. The molecule has 0 heterocycles. The molecule has 1 unspecified atom stereocenters. The third-order valence-corrected chi connectivity index (χ3v) is 1.47. The maximum Gasteiger partial charge on any atom is 0.187 e. The van der Waals surface area contributed by atoms with Gasteiger partial charge in [0.2, 0.25) is 0 Å². The van der Waals surface area contributed by atoms with E-state index in [4.69, 9.17) is 0 Å². The van der Waals surface area contributed by atoms with Gasteiger partial charge in [-0.2, -0.15) is 0 Å². The molecule has 0 saturated carbocycles. The van der Waals surface area contributed by atoms with E-state index < -0.39 is 0 Å². The van der Waals surface area contributed by atoms with E-state index in [1.165, 1.54) is 6.42 Å². The van der Waals surface area contributed by atoms with Gasteiger partial charge in [-0.15, -0.1) is 0 Å². The Balaban J connectivity index is 0. The first kappa shape index (κ1) is 11.3. The van der Waals surface area contributed by atoms with Gasteiger partial charge in [-0.25, -0.2) is 0 Å². The van der Waals surface area contributed by atoms with Crippen molar-refractivity contribution < 1.29 is 0 Å². The topological polar surface area (TPSA) is 0 Å². The molecule has 0 aliphatic rings. The molecule has 0 nitrogen and oxygen atoms in total. The summed E-state index contributed by atoms with van der Waals surface area (Å²) in [7, 11) is 0. The van der Waals surface area contributed by atoms with E-state index >= 15 is 0 Å². The molecule has 0 amide bonds. The van der Waals surface area contributed by atoms with Crippen LogP contribution >= 0.6 is 0 Å². The van der Waals surface area contributed by atoms with Gasteiger partial charge in [0.1, 0.15) is 0 Å². The van der Waals surface area contributed by atoms with Gasteiger partial charge in [-0.1, -0.05) is 27.2 Å². The van der Waals surface area contributed by atoms with Crippen LogP contribution in [0.4, 0.5) is 0 Å². The van der Waals surface area contributed by atoms with Crippen molar-refractivity contribution in [3.63, 3.8) is 0 Å². The lowest BCUT2D eigenvalue weighted by molar-refractivity contribution is 0.449. The summed E-state index contributed by atoms with van der Waals surface area (Å²) in [5.74, 6) is 1.41. The Bertz CT molecular complexity index is 41.7. The van der Waals surface area contributed by atoms with Crippen LogP contribution in [0.3, 0.4) is 0 Å². The van der Waals surface area contributed by atoms with E-state index in [2.05, 4.69) is 27.7 Å². The summed E-state index contributed by atoms with van der Waals surface area (Å²) in [6.07, 6.45) is 1.21. The Labute approximate surface area is 63.8 Å². The van der Waals surface area contributed by atoms with Crippen LogP contribution in [-0.2, 0) is 0 Å². The molecule has 49 valence electrons. The second kappa shape index (κ2) is 5.67. The lowest BCUT2D eigenvalue weighted by Gasteiger charge is -2.10. The first-order valence-electron chi connectivity index (χ1n) is 3.01. The van der Waals surface area contributed by atoms with Crippen LogP contribution in [0.15, 0.2) is 0 Å². The molecule has 0 fully saturated rings. The third kappa shape index (κ3) is 4.69. The molecule has 0 aromatic heterocycles. The standard InChI is InChI=1S/C7H15.Al.3H/c1-5-7(4)6(2)3;;;;/h6-7H,4-5H2,1-3H3;;;;. The summed E-state index contributed by atoms with van der Waals surface area (Å²) in [5.41, 5.74) is 0. The number of hydrogen-bond donors (Lipinski definition) is 0. The highest BCUT2D eigenvalue weighted by atomic mass is 27.0. The van der Waals surface area contributed by atoms with E-state index in [-0.39, 0.29) is 17.4 Å². The molecule has 0 aliphatic carbocycles. The minimum Gasteiger partial charge on any atom is -0.0651 e. The highest BCUT2D eigenvalue weighted by Crippen LogP contribution is 2.11. The molecule has 1 heteroatoms. The average molecular weight is 129 g/mol. The van der Waals surface area contributed by atoms with Gasteiger partial charge in [0.25, 0.3) is 0 Å². The molecule has 0 bridgehead atoms. The van der Waals surface area contributed by atoms with Gasteiger partial charge < -0.3 is 0 Å². The highest BCUT2D eigenvalue weighted by molar-refractivity contribution is 5.75. The highest BCUT2D eigenvalue weighted by Gasteiger charge is 2.01. The zero-order valence-electron chi connectivity index (χ0n) is 5.57. The maximum atomic E-state index is 3.96. The van der Waals surface area contributed by atoms with Crippen LogP contribution < -0.4 is 0 Å². The van der Waals surface area contributed by atoms with Crippen molar-refractivity contribution >= 4 is 17.4 Å². The first-order chi connectivity index (χ1) is 3.18. The van der Waals surface area contributed by atoms with Crippen molar-refractivity contribution in [2.24, 2.45) is 11.8 Å². The van der Waals surface area contributed by atoms with E-state index in [1.54, 1.807) is 0 Å². The summed E-state index contributed by atoms with van der Waals surface area (Å²) in [4.78, 5) is 0. The van der Waals surface area contributed by atoms with Gasteiger partial charge in [0.15, 0.2) is 17.4 Å². The second-order valence-electron chi connectivity index (χ2n) is 2.41. The minimum absolute atomic E-state index is 0. The van der Waals surface area contributed by atoms with E-state index in [1.807, 2.05) is 0 Å². The molecule has 0 aromatic carbocycles. The van der Waals surface area contributed by atoms with E-state index in [0.29, 0.717) is 5.92 Å². The Morgan fingerprint density at radius 1 is 1.38 bits per heavy atom. The minimum atomic E-state index is 0. The molecular formula is C7H18Al. The largest absolute Gasteiger partial charge is 0.187 e. The van der Waals surface area contributed by atoms with Crippen molar-refractivity contribution in [2.45, 2.75) is 27.2 Å². The molecule has 0 spiro atoms. The van der Waals surface area contributed by atoms with Crippen LogP contribution in [0.2, 0.25) is 0 Å². The molecule has 0 rings (SSSR count). The van der Waals surface area contributed by atoms with Crippen LogP contribution in [0.5, 0.6) is 0 Å².